The molecule has 116 valence electrons. The molecular formula is C16H23NO4. The Kier molecular flexibility index (Phi) is 6.37. The number of carboxylic acid groups (broad SMARTS) is 1. The first-order chi connectivity index (χ1) is 9.85. The first-order valence-corrected chi connectivity index (χ1v) is 7.01. The van der Waals surface area contributed by atoms with Crippen LogP contribution in [0.4, 0.5) is 0 Å². The van der Waals surface area contributed by atoms with E-state index in [1.807, 2.05) is 20.8 Å². The molecule has 0 aliphatic carbocycles. The highest BCUT2D eigenvalue weighted by atomic mass is 16.5. The van der Waals surface area contributed by atoms with Gasteiger partial charge in [0.25, 0.3) is 0 Å². The molecule has 1 unspecified atom stereocenters. The molecule has 1 atom stereocenters. The molecular weight excluding hydrogens is 270 g/mol. The molecule has 0 fully saturated rings. The Bertz CT molecular complexity index is 511. The summed E-state index contributed by atoms with van der Waals surface area (Å²) in [5.41, 5.74) is 1.42. The molecule has 5 heteroatoms. The van der Waals surface area contributed by atoms with Gasteiger partial charge in [-0.3, -0.25) is 9.59 Å². The van der Waals surface area contributed by atoms with Gasteiger partial charge in [0.2, 0.25) is 0 Å². The molecule has 0 amide bonds. The molecule has 0 aliphatic rings. The first kappa shape index (κ1) is 17.2. The smallest absolute Gasteiger partial charge is 0.303 e. The molecule has 1 aromatic rings. The number of aliphatic carboxylic acids is 1. The van der Waals surface area contributed by atoms with E-state index < -0.39 is 12.0 Å². The summed E-state index contributed by atoms with van der Waals surface area (Å²) < 4.78 is 5.13. The van der Waals surface area contributed by atoms with Gasteiger partial charge in [-0.1, -0.05) is 13.8 Å². The Balaban J connectivity index is 2.95. The normalized spacial score (nSPS) is 12.2. The quantitative estimate of drug-likeness (QED) is 0.720. The second-order valence-corrected chi connectivity index (χ2v) is 5.35. The van der Waals surface area contributed by atoms with Crippen molar-refractivity contribution in [3.8, 4) is 5.75 Å². The van der Waals surface area contributed by atoms with E-state index in [1.165, 1.54) is 0 Å². The Morgan fingerprint density at radius 2 is 2.00 bits per heavy atom. The summed E-state index contributed by atoms with van der Waals surface area (Å²) in [6, 6.07) is 4.88. The number of Topliss-reactive ketones (excluding diaryl/α,β-unsaturated/α-hetero) is 1. The van der Waals surface area contributed by atoms with Gasteiger partial charge in [0.05, 0.1) is 13.2 Å². The molecule has 0 spiro atoms. The van der Waals surface area contributed by atoms with Crippen LogP contribution in [0, 0.1) is 6.92 Å². The number of carbonyl (C=O) groups is 2. The molecule has 2 N–H and O–H groups in total. The number of aryl methyl sites for hydroxylation is 1. The van der Waals surface area contributed by atoms with Crippen LogP contribution in [0.2, 0.25) is 0 Å². The standard InChI is InChI=1S/C16H23NO4/c1-10(2)17-14(7-8-15(18)19)16(20)13-6-5-12(21-4)9-11(13)3/h5-6,9-10,14,17H,7-8H2,1-4H3,(H,18,19). The SMILES string of the molecule is COc1ccc(C(=O)C(CCC(=O)O)NC(C)C)c(C)c1. The van der Waals surface area contributed by atoms with Crippen molar-refractivity contribution in [2.45, 2.75) is 45.7 Å². The molecule has 0 saturated carbocycles. The van der Waals surface area contributed by atoms with E-state index in [4.69, 9.17) is 9.84 Å². The van der Waals surface area contributed by atoms with Gasteiger partial charge in [-0.25, -0.2) is 0 Å². The predicted octanol–water partition coefficient (Wildman–Crippen LogP) is 2.42. The minimum absolute atomic E-state index is 0.0364. The Morgan fingerprint density at radius 3 is 2.48 bits per heavy atom. The van der Waals surface area contributed by atoms with Crippen molar-refractivity contribution in [1.29, 1.82) is 0 Å². The van der Waals surface area contributed by atoms with Crippen molar-refractivity contribution >= 4 is 11.8 Å². The van der Waals surface area contributed by atoms with E-state index in [0.29, 0.717) is 11.3 Å². The van der Waals surface area contributed by atoms with Crippen LogP contribution in [0.3, 0.4) is 0 Å². The number of hydrogen-bond acceptors (Lipinski definition) is 4. The molecule has 0 radical (unpaired) electrons. The van der Waals surface area contributed by atoms with E-state index in [2.05, 4.69) is 5.32 Å². The van der Waals surface area contributed by atoms with Crippen LogP contribution in [0.1, 0.15) is 42.6 Å². The van der Waals surface area contributed by atoms with Gasteiger partial charge in [0.15, 0.2) is 5.78 Å². The Hall–Kier alpha value is -1.88. The highest BCUT2D eigenvalue weighted by Crippen LogP contribution is 2.19. The fraction of sp³-hybridized carbons (Fsp3) is 0.500. The Labute approximate surface area is 125 Å². The minimum atomic E-state index is -0.898. The highest BCUT2D eigenvalue weighted by molar-refractivity contribution is 6.01. The van der Waals surface area contributed by atoms with Gasteiger partial charge in [-0.15, -0.1) is 0 Å². The number of nitrogens with one attached hydrogen (secondary N) is 1. The average Bonchev–Trinajstić information content (AvgIpc) is 2.42. The third-order valence-corrected chi connectivity index (χ3v) is 3.20. The summed E-state index contributed by atoms with van der Waals surface area (Å²) in [6.07, 6.45) is 0.239. The zero-order valence-electron chi connectivity index (χ0n) is 13.0. The Morgan fingerprint density at radius 1 is 1.33 bits per heavy atom. The van der Waals surface area contributed by atoms with Crippen LogP contribution in [0.15, 0.2) is 18.2 Å². The van der Waals surface area contributed by atoms with Crippen molar-refractivity contribution < 1.29 is 19.4 Å². The lowest BCUT2D eigenvalue weighted by Gasteiger charge is -2.20. The van der Waals surface area contributed by atoms with Crippen molar-refractivity contribution in [2.24, 2.45) is 0 Å². The summed E-state index contributed by atoms with van der Waals surface area (Å²) in [7, 11) is 1.58. The van der Waals surface area contributed by atoms with E-state index in [-0.39, 0.29) is 24.7 Å². The average molecular weight is 293 g/mol. The summed E-state index contributed by atoms with van der Waals surface area (Å²) in [4.78, 5) is 23.4. The number of carbonyl (C=O) groups excluding carboxylic acids is 1. The maximum Gasteiger partial charge on any atom is 0.303 e. The summed E-state index contributed by atoms with van der Waals surface area (Å²) in [6.45, 7) is 5.71. The van der Waals surface area contributed by atoms with Gasteiger partial charge in [0.1, 0.15) is 5.75 Å². The van der Waals surface area contributed by atoms with Gasteiger partial charge >= 0.3 is 5.97 Å². The van der Waals surface area contributed by atoms with Crippen LogP contribution >= 0.6 is 0 Å². The molecule has 0 aromatic heterocycles. The van der Waals surface area contributed by atoms with Gasteiger partial charge < -0.3 is 15.2 Å². The van der Waals surface area contributed by atoms with Crippen LogP contribution in [-0.2, 0) is 4.79 Å². The minimum Gasteiger partial charge on any atom is -0.497 e. The predicted molar refractivity (Wildman–Crippen MR) is 81.0 cm³/mol. The lowest BCUT2D eigenvalue weighted by molar-refractivity contribution is -0.137. The van der Waals surface area contributed by atoms with Gasteiger partial charge in [0, 0.05) is 18.0 Å². The third-order valence-electron chi connectivity index (χ3n) is 3.20. The van der Waals surface area contributed by atoms with Gasteiger partial charge in [-0.05, 0) is 37.1 Å². The molecule has 21 heavy (non-hydrogen) atoms. The number of methoxy groups -OCH3 is 1. The second kappa shape index (κ2) is 7.78. The number of benzene rings is 1. The molecule has 0 heterocycles. The van der Waals surface area contributed by atoms with Crippen LogP contribution in [0.5, 0.6) is 5.75 Å². The molecule has 0 aliphatic heterocycles. The van der Waals surface area contributed by atoms with Crippen LogP contribution < -0.4 is 10.1 Å². The molecule has 5 nitrogen and oxygen atoms in total. The third kappa shape index (κ3) is 5.19. The van der Waals surface area contributed by atoms with Crippen molar-refractivity contribution in [3.05, 3.63) is 29.3 Å². The maximum absolute atomic E-state index is 12.6. The van der Waals surface area contributed by atoms with E-state index in [1.54, 1.807) is 25.3 Å². The molecule has 0 bridgehead atoms. The lowest BCUT2D eigenvalue weighted by Crippen LogP contribution is -2.41. The van der Waals surface area contributed by atoms with E-state index in [9.17, 15) is 9.59 Å². The van der Waals surface area contributed by atoms with Crippen molar-refractivity contribution in [1.82, 2.24) is 5.32 Å². The van der Waals surface area contributed by atoms with Crippen LogP contribution in [-0.4, -0.2) is 36.1 Å². The number of ether oxygens (including phenoxy) is 1. The summed E-state index contributed by atoms with van der Waals surface area (Å²) in [5.74, 6) is -0.280. The summed E-state index contributed by atoms with van der Waals surface area (Å²) >= 11 is 0. The number of rotatable bonds is 8. The highest BCUT2D eigenvalue weighted by Gasteiger charge is 2.23. The zero-order valence-corrected chi connectivity index (χ0v) is 13.0. The lowest BCUT2D eigenvalue weighted by atomic mass is 9.96. The number of hydrogen-bond donors (Lipinski definition) is 2. The molecule has 1 aromatic carbocycles. The number of ketones is 1. The molecule has 1 rings (SSSR count). The fourth-order valence-corrected chi connectivity index (χ4v) is 2.19. The van der Waals surface area contributed by atoms with E-state index in [0.717, 1.165) is 5.56 Å². The fourth-order valence-electron chi connectivity index (χ4n) is 2.19. The van der Waals surface area contributed by atoms with Crippen molar-refractivity contribution in [2.75, 3.05) is 7.11 Å². The zero-order chi connectivity index (χ0) is 16.0. The topological polar surface area (TPSA) is 75.6 Å². The monoisotopic (exact) mass is 293 g/mol. The van der Waals surface area contributed by atoms with Crippen molar-refractivity contribution in [3.63, 3.8) is 0 Å². The largest absolute Gasteiger partial charge is 0.497 e. The number of carboxylic acids is 1. The second-order valence-electron chi connectivity index (χ2n) is 5.35. The summed E-state index contributed by atoms with van der Waals surface area (Å²) in [5, 5.41) is 12.0. The first-order valence-electron chi connectivity index (χ1n) is 7.01. The van der Waals surface area contributed by atoms with Gasteiger partial charge in [-0.2, -0.15) is 0 Å². The maximum atomic E-state index is 12.6. The van der Waals surface area contributed by atoms with Crippen LogP contribution in [0.25, 0.3) is 0 Å². The molecule has 0 saturated heterocycles. The van der Waals surface area contributed by atoms with E-state index >= 15 is 0 Å².